The van der Waals surface area contributed by atoms with Crippen LogP contribution in [0.2, 0.25) is 0 Å². The van der Waals surface area contributed by atoms with Gasteiger partial charge in [0.05, 0.1) is 18.9 Å². The highest BCUT2D eigenvalue weighted by Crippen LogP contribution is 2.48. The molecule has 53 heavy (non-hydrogen) atoms. The van der Waals surface area contributed by atoms with Gasteiger partial charge in [-0.2, -0.15) is 15.4 Å². The number of nitrogens with one attached hydrogen (secondary N) is 1. The lowest BCUT2D eigenvalue weighted by Crippen LogP contribution is -2.48. The number of hydrogen-bond acceptors (Lipinski definition) is 15. The Kier molecular flexibility index (Phi) is 13.9. The van der Waals surface area contributed by atoms with Gasteiger partial charge < -0.3 is 34.9 Å². The van der Waals surface area contributed by atoms with Crippen molar-refractivity contribution in [3.63, 3.8) is 0 Å². The van der Waals surface area contributed by atoms with E-state index in [0.29, 0.717) is 5.52 Å². The van der Waals surface area contributed by atoms with Gasteiger partial charge in [0, 0.05) is 6.42 Å². The van der Waals surface area contributed by atoms with Crippen LogP contribution in [0, 0.1) is 23.2 Å². The van der Waals surface area contributed by atoms with Crippen molar-refractivity contribution in [3.8, 4) is 11.8 Å². The average Bonchev–Trinajstić information content (AvgIpc) is 3.71. The summed E-state index contributed by atoms with van der Waals surface area (Å²) >= 11 is 0. The molecule has 2 aromatic heterocycles. The first-order chi connectivity index (χ1) is 25.2. The second-order valence-electron chi connectivity index (χ2n) is 13.0. The van der Waals surface area contributed by atoms with Gasteiger partial charge in [0.1, 0.15) is 41.9 Å². The number of rotatable bonds is 18. The maximum atomic E-state index is 14.5. The third-order valence-corrected chi connectivity index (χ3v) is 10.6. The number of nitrogens with two attached hydrogens (primary N) is 2. The van der Waals surface area contributed by atoms with Crippen molar-refractivity contribution in [2.24, 2.45) is 17.6 Å². The summed E-state index contributed by atoms with van der Waals surface area (Å²) in [5.41, 5.74) is 10.4. The number of para-hydroxylation sites is 1. The topological polar surface area (TPSA) is 242 Å². The number of nitrogens with zero attached hydrogens (tertiary/aromatic N) is 4. The van der Waals surface area contributed by atoms with E-state index < -0.39 is 68.3 Å². The number of anilines is 1. The van der Waals surface area contributed by atoms with Crippen molar-refractivity contribution in [1.29, 1.82) is 5.26 Å². The number of benzene rings is 1. The monoisotopic (exact) mass is 757 g/mol. The minimum atomic E-state index is -4.50. The van der Waals surface area contributed by atoms with Crippen molar-refractivity contribution in [2.75, 3.05) is 18.9 Å². The van der Waals surface area contributed by atoms with E-state index in [2.05, 4.69) is 21.2 Å². The van der Waals surface area contributed by atoms with Crippen LogP contribution in [0.15, 0.2) is 48.8 Å². The standard InChI is InChI=1S/C35H48N7O10P/c1-7-23(8-2)17-47-33(44)22(6)41-53(46,52-24-13-11-10-12-14-24)48-18-26-30(50-34(45)29(37)21(4)5)31(49-28(43)9-3)35(19-36,51-26)27-16-15-25-32(38)39-20-40-42(25)27/h10-16,20-23,26,29-31H,7-9,17-18,37H2,1-6H3,(H,41,46)(H2,38,39,40)/t22-,26+,29+,30+,31+,35-,53?/m0/s1. The second kappa shape index (κ2) is 18.0. The molecule has 288 valence electrons. The Bertz CT molecular complexity index is 1820. The normalized spacial score (nSPS) is 22.2. The van der Waals surface area contributed by atoms with E-state index in [1.165, 1.54) is 36.0 Å². The molecule has 0 bridgehead atoms. The molecule has 7 atom stereocenters. The molecule has 17 nitrogen and oxygen atoms in total. The van der Waals surface area contributed by atoms with Crippen LogP contribution in [0.5, 0.6) is 5.75 Å². The molecule has 1 saturated heterocycles. The quantitative estimate of drug-likeness (QED) is 0.0949. The van der Waals surface area contributed by atoms with E-state index in [9.17, 15) is 24.2 Å². The van der Waals surface area contributed by atoms with Gasteiger partial charge in [-0.05, 0) is 43.0 Å². The Morgan fingerprint density at radius 2 is 1.77 bits per heavy atom. The maximum Gasteiger partial charge on any atom is 0.459 e. The van der Waals surface area contributed by atoms with Gasteiger partial charge in [0.2, 0.25) is 5.60 Å². The van der Waals surface area contributed by atoms with E-state index in [4.69, 9.17) is 39.5 Å². The molecular formula is C35H48N7O10P. The van der Waals surface area contributed by atoms with Crippen LogP contribution < -0.4 is 21.1 Å². The molecule has 0 amide bonds. The van der Waals surface area contributed by atoms with Crippen LogP contribution in [0.1, 0.15) is 66.5 Å². The molecule has 3 heterocycles. The molecule has 0 saturated carbocycles. The van der Waals surface area contributed by atoms with Gasteiger partial charge in [0.25, 0.3) is 0 Å². The molecule has 1 unspecified atom stereocenters. The summed E-state index contributed by atoms with van der Waals surface area (Å²) in [4.78, 5) is 43.3. The van der Waals surface area contributed by atoms with Crippen molar-refractivity contribution < 1.29 is 46.9 Å². The predicted octanol–water partition coefficient (Wildman–Crippen LogP) is 3.81. The number of esters is 3. The zero-order valence-corrected chi connectivity index (χ0v) is 31.6. The van der Waals surface area contributed by atoms with E-state index in [-0.39, 0.29) is 42.1 Å². The number of fused-ring (bicyclic) bond motifs is 1. The lowest BCUT2D eigenvalue weighted by atomic mass is 9.92. The third kappa shape index (κ3) is 9.51. The number of nitriles is 1. The molecule has 0 spiro atoms. The summed E-state index contributed by atoms with van der Waals surface area (Å²) in [5.74, 6) is -2.31. The fourth-order valence-electron chi connectivity index (χ4n) is 5.53. The SMILES string of the molecule is CCC(=O)O[C@@H]1[C@H](OC(=O)[C@H](N)C(C)C)[C@@H](COP(=O)(N[C@@H](C)C(=O)OCC(CC)CC)Oc2ccccc2)O[C@@]1(C#N)c1ccc2c(N)ncnn12. The van der Waals surface area contributed by atoms with Gasteiger partial charge in [-0.15, -0.1) is 0 Å². The van der Waals surface area contributed by atoms with Gasteiger partial charge in [-0.1, -0.05) is 65.7 Å². The summed E-state index contributed by atoms with van der Waals surface area (Å²) in [7, 11) is -4.50. The second-order valence-corrected chi connectivity index (χ2v) is 14.7. The lowest BCUT2D eigenvalue weighted by molar-refractivity contribution is -0.170. The molecule has 1 fully saturated rings. The van der Waals surface area contributed by atoms with E-state index in [1.807, 2.05) is 13.8 Å². The minimum Gasteiger partial charge on any atom is -0.464 e. The number of carbonyl (C=O) groups excluding carboxylic acids is 3. The van der Waals surface area contributed by atoms with Crippen LogP contribution in [0.4, 0.5) is 5.82 Å². The molecule has 18 heteroatoms. The third-order valence-electron chi connectivity index (χ3n) is 8.92. The first kappa shape index (κ1) is 41.2. The zero-order chi connectivity index (χ0) is 38.9. The van der Waals surface area contributed by atoms with Crippen molar-refractivity contribution >= 4 is 37.0 Å². The van der Waals surface area contributed by atoms with Gasteiger partial charge >= 0.3 is 25.7 Å². The molecule has 4 rings (SSSR count). The van der Waals surface area contributed by atoms with Crippen LogP contribution in [-0.4, -0.2) is 76.1 Å². The number of carbonyl (C=O) groups is 3. The van der Waals surface area contributed by atoms with Crippen LogP contribution in [-0.2, 0) is 48.0 Å². The summed E-state index contributed by atoms with van der Waals surface area (Å²) < 4.78 is 51.1. The molecule has 3 aromatic rings. The summed E-state index contributed by atoms with van der Waals surface area (Å²) in [6.07, 6.45) is -1.94. The summed E-state index contributed by atoms with van der Waals surface area (Å²) in [6, 6.07) is 10.9. The average molecular weight is 758 g/mol. The lowest BCUT2D eigenvalue weighted by Gasteiger charge is -2.29. The highest BCUT2D eigenvalue weighted by Gasteiger charge is 2.63. The Hall–Kier alpha value is -4.59. The van der Waals surface area contributed by atoms with Gasteiger partial charge in [-0.25, -0.2) is 14.1 Å². The van der Waals surface area contributed by atoms with E-state index >= 15 is 0 Å². The highest BCUT2D eigenvalue weighted by molar-refractivity contribution is 7.52. The Balaban J connectivity index is 1.75. The largest absolute Gasteiger partial charge is 0.464 e. The summed E-state index contributed by atoms with van der Waals surface area (Å²) in [6.45, 7) is 9.88. The van der Waals surface area contributed by atoms with Crippen LogP contribution >= 0.6 is 7.75 Å². The van der Waals surface area contributed by atoms with Gasteiger partial charge in [0.15, 0.2) is 18.0 Å². The van der Waals surface area contributed by atoms with Crippen molar-refractivity contribution in [3.05, 3.63) is 54.5 Å². The number of aromatic nitrogens is 3. The fraction of sp³-hybridized carbons (Fsp3) is 0.543. The molecule has 0 radical (unpaired) electrons. The van der Waals surface area contributed by atoms with E-state index in [1.54, 1.807) is 45.0 Å². The Labute approximate surface area is 308 Å². The Morgan fingerprint density at radius 1 is 1.08 bits per heavy atom. The number of ether oxygens (including phenoxy) is 4. The predicted molar refractivity (Wildman–Crippen MR) is 191 cm³/mol. The minimum absolute atomic E-state index is 0.0605. The molecule has 1 aliphatic rings. The fourth-order valence-corrected chi connectivity index (χ4v) is 7.04. The highest BCUT2D eigenvalue weighted by atomic mass is 31.2. The van der Waals surface area contributed by atoms with Gasteiger partial charge in [-0.3, -0.25) is 18.9 Å². The van der Waals surface area contributed by atoms with Crippen molar-refractivity contribution in [1.82, 2.24) is 19.7 Å². The smallest absolute Gasteiger partial charge is 0.459 e. The molecular weight excluding hydrogens is 709 g/mol. The number of hydrogen-bond donors (Lipinski definition) is 3. The first-order valence-electron chi connectivity index (χ1n) is 17.5. The molecule has 5 N–H and O–H groups in total. The summed E-state index contributed by atoms with van der Waals surface area (Å²) in [5, 5.41) is 17.7. The number of nitrogen functional groups attached to an aromatic ring is 1. The molecule has 1 aliphatic heterocycles. The molecule has 1 aromatic carbocycles. The molecule has 0 aliphatic carbocycles. The van der Waals surface area contributed by atoms with Crippen LogP contribution in [0.3, 0.4) is 0 Å². The first-order valence-corrected chi connectivity index (χ1v) is 19.0. The van der Waals surface area contributed by atoms with Crippen LogP contribution in [0.25, 0.3) is 5.52 Å². The zero-order valence-electron chi connectivity index (χ0n) is 30.7. The maximum absolute atomic E-state index is 14.5. The van der Waals surface area contributed by atoms with E-state index in [0.717, 1.165) is 12.8 Å². The Morgan fingerprint density at radius 3 is 2.40 bits per heavy atom. The van der Waals surface area contributed by atoms with Crippen molar-refractivity contribution in [2.45, 2.75) is 96.8 Å².